The average molecular weight is 374 g/mol. The highest BCUT2D eigenvalue weighted by Gasteiger charge is 2.17. The van der Waals surface area contributed by atoms with Gasteiger partial charge in [-0.15, -0.1) is 0 Å². The molecule has 4 aromatic rings. The van der Waals surface area contributed by atoms with Gasteiger partial charge in [0.15, 0.2) is 11.6 Å². The van der Waals surface area contributed by atoms with Gasteiger partial charge in [-0.05, 0) is 24.3 Å². The van der Waals surface area contributed by atoms with Gasteiger partial charge in [-0.1, -0.05) is 23.4 Å². The van der Waals surface area contributed by atoms with E-state index in [0.717, 1.165) is 5.56 Å². The minimum Gasteiger partial charge on any atom is -0.480 e. The van der Waals surface area contributed by atoms with E-state index >= 15 is 0 Å². The first kappa shape index (κ1) is 17.3. The van der Waals surface area contributed by atoms with Gasteiger partial charge in [0.25, 0.3) is 0 Å². The summed E-state index contributed by atoms with van der Waals surface area (Å²) in [5.74, 6) is 0.216. The smallest absolute Gasteiger partial charge is 0.335 e. The lowest BCUT2D eigenvalue weighted by molar-refractivity contribution is 0.0697. The Morgan fingerprint density at radius 2 is 1.89 bits per heavy atom. The number of hydrogen-bond donors (Lipinski definition) is 1. The molecule has 0 spiro atoms. The summed E-state index contributed by atoms with van der Waals surface area (Å²) in [5.41, 5.74) is 2.66. The van der Waals surface area contributed by atoms with Gasteiger partial charge in [-0.2, -0.15) is 4.98 Å². The van der Waals surface area contributed by atoms with Crippen LogP contribution in [0.1, 0.15) is 10.4 Å². The molecule has 1 aromatic carbocycles. The first-order valence-electron chi connectivity index (χ1n) is 8.29. The topological polar surface area (TPSA) is 111 Å². The molecule has 8 nitrogen and oxygen atoms in total. The fourth-order valence-corrected chi connectivity index (χ4v) is 2.63. The largest absolute Gasteiger partial charge is 0.480 e. The Labute approximate surface area is 159 Å². The molecule has 0 amide bonds. The molecule has 0 aliphatic heterocycles. The van der Waals surface area contributed by atoms with E-state index in [1.165, 1.54) is 19.2 Å². The molecule has 0 radical (unpaired) electrons. The molecule has 0 aliphatic rings. The number of carbonyl (C=O) groups is 1. The van der Waals surface area contributed by atoms with Gasteiger partial charge in [-0.25, -0.2) is 9.78 Å². The van der Waals surface area contributed by atoms with Crippen molar-refractivity contribution >= 4 is 5.97 Å². The number of carboxylic acid groups (broad SMARTS) is 1. The zero-order valence-corrected chi connectivity index (χ0v) is 14.7. The van der Waals surface area contributed by atoms with Gasteiger partial charge in [-0.3, -0.25) is 4.98 Å². The molecule has 4 rings (SSSR count). The van der Waals surface area contributed by atoms with Crippen LogP contribution < -0.4 is 4.74 Å². The van der Waals surface area contributed by atoms with Crippen LogP contribution in [-0.4, -0.2) is 38.3 Å². The van der Waals surface area contributed by atoms with Gasteiger partial charge in [0.1, 0.15) is 17.0 Å². The summed E-state index contributed by atoms with van der Waals surface area (Å²) in [5, 5.41) is 13.0. The van der Waals surface area contributed by atoms with Crippen LogP contribution in [0.25, 0.3) is 34.1 Å². The van der Waals surface area contributed by atoms with Crippen LogP contribution >= 0.6 is 0 Å². The van der Waals surface area contributed by atoms with Gasteiger partial charge in [0.05, 0.1) is 12.7 Å². The number of ether oxygens (including phenoxy) is 1. The quantitative estimate of drug-likeness (QED) is 0.564. The standard InChI is InChI=1S/C20H14N4O4/c1-27-19-14(11-22-18(23-19)15-4-2-3-9-21-15)17-10-16(24-28-17)12-5-7-13(8-6-12)20(25)26/h2-11H,1H3,(H,25,26). The molecule has 0 saturated carbocycles. The van der Waals surface area contributed by atoms with Gasteiger partial charge < -0.3 is 14.4 Å². The molecule has 28 heavy (non-hydrogen) atoms. The number of carboxylic acids is 1. The first-order chi connectivity index (χ1) is 13.7. The van der Waals surface area contributed by atoms with Crippen LogP contribution in [0, 0.1) is 0 Å². The molecular weight excluding hydrogens is 360 g/mol. The second kappa shape index (κ2) is 7.28. The molecule has 1 N–H and O–H groups in total. The Morgan fingerprint density at radius 1 is 1.07 bits per heavy atom. The Balaban J connectivity index is 1.67. The zero-order valence-electron chi connectivity index (χ0n) is 14.7. The Morgan fingerprint density at radius 3 is 2.57 bits per heavy atom. The Bertz CT molecular complexity index is 1120. The highest BCUT2D eigenvalue weighted by molar-refractivity contribution is 5.88. The summed E-state index contributed by atoms with van der Waals surface area (Å²) in [7, 11) is 1.51. The number of rotatable bonds is 5. The van der Waals surface area contributed by atoms with Crippen molar-refractivity contribution in [2.75, 3.05) is 7.11 Å². The van der Waals surface area contributed by atoms with Gasteiger partial charge in [0, 0.05) is 24.0 Å². The normalized spacial score (nSPS) is 10.6. The lowest BCUT2D eigenvalue weighted by Crippen LogP contribution is -1.97. The van der Waals surface area contributed by atoms with Gasteiger partial charge in [0.2, 0.25) is 5.88 Å². The third kappa shape index (κ3) is 3.30. The van der Waals surface area contributed by atoms with Crippen molar-refractivity contribution in [3.05, 3.63) is 66.5 Å². The van der Waals surface area contributed by atoms with E-state index in [2.05, 4.69) is 20.1 Å². The van der Waals surface area contributed by atoms with Crippen LogP contribution in [0.3, 0.4) is 0 Å². The molecule has 0 aliphatic carbocycles. The van der Waals surface area contributed by atoms with E-state index in [-0.39, 0.29) is 5.56 Å². The highest BCUT2D eigenvalue weighted by atomic mass is 16.5. The summed E-state index contributed by atoms with van der Waals surface area (Å²) in [6.07, 6.45) is 3.26. The van der Waals surface area contributed by atoms with Crippen molar-refractivity contribution in [3.63, 3.8) is 0 Å². The Hall–Kier alpha value is -4.07. The van der Waals surface area contributed by atoms with Crippen LogP contribution in [0.5, 0.6) is 5.88 Å². The van der Waals surface area contributed by atoms with E-state index in [1.807, 2.05) is 18.2 Å². The summed E-state index contributed by atoms with van der Waals surface area (Å²) in [6.45, 7) is 0. The first-order valence-corrected chi connectivity index (χ1v) is 8.29. The predicted octanol–water partition coefficient (Wildman–Crippen LogP) is 3.57. The molecule has 0 atom stereocenters. The molecule has 138 valence electrons. The molecule has 0 fully saturated rings. The SMILES string of the molecule is COc1nc(-c2ccccn2)ncc1-c1cc(-c2ccc(C(=O)O)cc2)no1. The lowest BCUT2D eigenvalue weighted by Gasteiger charge is -2.06. The minimum absolute atomic E-state index is 0.202. The molecule has 0 bridgehead atoms. The summed E-state index contributed by atoms with van der Waals surface area (Å²) >= 11 is 0. The zero-order chi connectivity index (χ0) is 19.5. The number of pyridine rings is 1. The van der Waals surface area contributed by atoms with Crippen molar-refractivity contribution in [2.24, 2.45) is 0 Å². The summed E-state index contributed by atoms with van der Waals surface area (Å²) in [6, 6.07) is 13.6. The number of nitrogens with zero attached hydrogens (tertiary/aromatic N) is 4. The summed E-state index contributed by atoms with van der Waals surface area (Å²) in [4.78, 5) is 23.9. The molecule has 8 heteroatoms. The van der Waals surface area contributed by atoms with E-state index in [1.54, 1.807) is 30.6 Å². The van der Waals surface area contributed by atoms with E-state index < -0.39 is 5.97 Å². The van der Waals surface area contributed by atoms with Crippen molar-refractivity contribution in [3.8, 4) is 40.0 Å². The molecule has 0 saturated heterocycles. The lowest BCUT2D eigenvalue weighted by atomic mass is 10.1. The number of methoxy groups -OCH3 is 1. The maximum Gasteiger partial charge on any atom is 0.335 e. The molecule has 3 aromatic heterocycles. The number of aromatic nitrogens is 4. The van der Waals surface area contributed by atoms with Crippen LogP contribution in [-0.2, 0) is 0 Å². The Kier molecular flexibility index (Phi) is 4.51. The van der Waals surface area contributed by atoms with E-state index in [0.29, 0.717) is 34.4 Å². The van der Waals surface area contributed by atoms with Crippen molar-refractivity contribution in [2.45, 2.75) is 0 Å². The second-order valence-electron chi connectivity index (χ2n) is 5.79. The van der Waals surface area contributed by atoms with E-state index in [4.69, 9.17) is 14.4 Å². The predicted molar refractivity (Wildman–Crippen MR) is 99.7 cm³/mol. The minimum atomic E-state index is -0.984. The fourth-order valence-electron chi connectivity index (χ4n) is 2.63. The van der Waals surface area contributed by atoms with Crippen LogP contribution in [0.15, 0.2) is 65.4 Å². The maximum absolute atomic E-state index is 11.0. The number of hydrogen-bond acceptors (Lipinski definition) is 7. The van der Waals surface area contributed by atoms with Crippen molar-refractivity contribution in [1.29, 1.82) is 0 Å². The number of aromatic carboxylic acids is 1. The van der Waals surface area contributed by atoms with Crippen LogP contribution in [0.4, 0.5) is 0 Å². The second-order valence-corrected chi connectivity index (χ2v) is 5.79. The highest BCUT2D eigenvalue weighted by Crippen LogP contribution is 2.32. The van der Waals surface area contributed by atoms with Crippen molar-refractivity contribution < 1.29 is 19.2 Å². The third-order valence-electron chi connectivity index (χ3n) is 4.04. The summed E-state index contributed by atoms with van der Waals surface area (Å²) < 4.78 is 10.8. The van der Waals surface area contributed by atoms with Crippen LogP contribution in [0.2, 0.25) is 0 Å². The molecule has 0 unspecified atom stereocenters. The monoisotopic (exact) mass is 374 g/mol. The maximum atomic E-state index is 11.0. The third-order valence-corrected chi connectivity index (χ3v) is 4.04. The fraction of sp³-hybridized carbons (Fsp3) is 0.0500. The molecule has 3 heterocycles. The average Bonchev–Trinajstić information content (AvgIpc) is 3.24. The molecular formula is C20H14N4O4. The van der Waals surface area contributed by atoms with Crippen molar-refractivity contribution in [1.82, 2.24) is 20.1 Å². The van der Waals surface area contributed by atoms with Gasteiger partial charge >= 0.3 is 5.97 Å². The van der Waals surface area contributed by atoms with E-state index in [9.17, 15) is 4.79 Å². The number of benzene rings is 1.